The van der Waals surface area contributed by atoms with Crippen LogP contribution < -0.4 is 11.1 Å². The van der Waals surface area contributed by atoms with Gasteiger partial charge in [0.05, 0.1) is 12.0 Å². The summed E-state index contributed by atoms with van der Waals surface area (Å²) in [5, 5.41) is 2.93. The zero-order valence-corrected chi connectivity index (χ0v) is 10.4. The molecule has 1 amide bonds. The average Bonchev–Trinajstić information content (AvgIpc) is 2.63. The van der Waals surface area contributed by atoms with Crippen molar-refractivity contribution in [1.82, 2.24) is 5.32 Å². The van der Waals surface area contributed by atoms with Gasteiger partial charge in [-0.1, -0.05) is 6.42 Å². The van der Waals surface area contributed by atoms with Crippen LogP contribution in [0.1, 0.15) is 39.5 Å². The van der Waals surface area contributed by atoms with Crippen molar-refractivity contribution < 1.29 is 9.53 Å². The van der Waals surface area contributed by atoms with E-state index in [1.54, 1.807) is 0 Å². The Balaban J connectivity index is 2.06. The highest BCUT2D eigenvalue weighted by Gasteiger charge is 2.29. The summed E-state index contributed by atoms with van der Waals surface area (Å²) >= 11 is 0. The highest BCUT2D eigenvalue weighted by molar-refractivity contribution is 5.79. The summed E-state index contributed by atoms with van der Waals surface area (Å²) in [4.78, 5) is 11.7. The van der Waals surface area contributed by atoms with Gasteiger partial charge in [-0.25, -0.2) is 0 Å². The van der Waals surface area contributed by atoms with Crippen molar-refractivity contribution in [3.8, 4) is 0 Å². The second-order valence-electron chi connectivity index (χ2n) is 4.77. The van der Waals surface area contributed by atoms with Crippen LogP contribution in [0.2, 0.25) is 0 Å². The molecule has 0 bridgehead atoms. The van der Waals surface area contributed by atoms with E-state index in [9.17, 15) is 4.79 Å². The predicted molar refractivity (Wildman–Crippen MR) is 64.0 cm³/mol. The fourth-order valence-corrected chi connectivity index (χ4v) is 2.05. The number of carbonyl (C=O) groups excluding carboxylic acids is 1. The van der Waals surface area contributed by atoms with E-state index in [1.807, 2.05) is 13.8 Å². The van der Waals surface area contributed by atoms with E-state index in [4.69, 9.17) is 10.5 Å². The third-order valence-corrected chi connectivity index (χ3v) is 2.98. The van der Waals surface area contributed by atoms with Crippen LogP contribution in [-0.2, 0) is 9.53 Å². The lowest BCUT2D eigenvalue weighted by molar-refractivity contribution is -0.125. The zero-order valence-electron chi connectivity index (χ0n) is 10.4. The van der Waals surface area contributed by atoms with Gasteiger partial charge in [0, 0.05) is 19.2 Å². The van der Waals surface area contributed by atoms with Gasteiger partial charge >= 0.3 is 0 Å². The normalized spacial score (nSPS) is 25.0. The molecule has 0 saturated heterocycles. The van der Waals surface area contributed by atoms with Crippen molar-refractivity contribution in [3.05, 3.63) is 0 Å². The number of hydrogen-bond donors (Lipinski definition) is 2. The quantitative estimate of drug-likeness (QED) is 0.668. The molecule has 1 saturated carbocycles. The maximum absolute atomic E-state index is 11.7. The van der Waals surface area contributed by atoms with Gasteiger partial charge in [0.2, 0.25) is 5.91 Å². The first kappa shape index (κ1) is 13.5. The predicted octanol–water partition coefficient (Wildman–Crippen LogP) is 1.05. The van der Waals surface area contributed by atoms with E-state index in [-0.39, 0.29) is 24.0 Å². The third kappa shape index (κ3) is 4.49. The van der Waals surface area contributed by atoms with E-state index >= 15 is 0 Å². The molecule has 0 spiro atoms. The Hall–Kier alpha value is -0.610. The molecule has 2 unspecified atom stereocenters. The van der Waals surface area contributed by atoms with Crippen molar-refractivity contribution in [3.63, 3.8) is 0 Å². The molecule has 1 aliphatic carbocycles. The average molecular weight is 228 g/mol. The van der Waals surface area contributed by atoms with Crippen LogP contribution in [0.5, 0.6) is 0 Å². The smallest absolute Gasteiger partial charge is 0.224 e. The number of carbonyl (C=O) groups is 1. The van der Waals surface area contributed by atoms with E-state index in [2.05, 4.69) is 5.32 Å². The van der Waals surface area contributed by atoms with Gasteiger partial charge in [-0.3, -0.25) is 4.79 Å². The molecule has 1 rings (SSSR count). The molecule has 0 aliphatic heterocycles. The summed E-state index contributed by atoms with van der Waals surface area (Å²) in [5.41, 5.74) is 5.86. The maximum atomic E-state index is 11.7. The Kier molecular flexibility index (Phi) is 5.77. The molecule has 16 heavy (non-hydrogen) atoms. The van der Waals surface area contributed by atoms with Crippen molar-refractivity contribution in [2.75, 3.05) is 13.2 Å². The molecule has 1 aliphatic rings. The Morgan fingerprint density at radius 2 is 2.25 bits per heavy atom. The lowest BCUT2D eigenvalue weighted by atomic mass is 10.0. The standard InChI is InChI=1S/C12H24N2O2/c1-9(2)16-8-4-7-14-12(15)10-5-3-6-11(10)13/h9-11H,3-8,13H2,1-2H3,(H,14,15). The Bertz CT molecular complexity index is 219. The first-order valence-electron chi connectivity index (χ1n) is 6.26. The molecule has 94 valence electrons. The van der Waals surface area contributed by atoms with Crippen LogP contribution in [0.3, 0.4) is 0 Å². The number of hydrogen-bond acceptors (Lipinski definition) is 3. The topological polar surface area (TPSA) is 64.3 Å². The molecule has 1 fully saturated rings. The van der Waals surface area contributed by atoms with Crippen molar-refractivity contribution in [2.45, 2.75) is 51.7 Å². The van der Waals surface area contributed by atoms with Crippen LogP contribution in [0.15, 0.2) is 0 Å². The fourth-order valence-electron chi connectivity index (χ4n) is 2.05. The summed E-state index contributed by atoms with van der Waals surface area (Å²) in [6, 6.07) is 0.0620. The van der Waals surface area contributed by atoms with Crippen LogP contribution in [-0.4, -0.2) is 31.2 Å². The molecule has 0 aromatic heterocycles. The number of amides is 1. The van der Waals surface area contributed by atoms with Gasteiger partial charge in [-0.2, -0.15) is 0 Å². The van der Waals surface area contributed by atoms with E-state index in [1.165, 1.54) is 0 Å². The molecule has 0 aromatic carbocycles. The van der Waals surface area contributed by atoms with Crippen LogP contribution in [0.4, 0.5) is 0 Å². The Labute approximate surface area is 97.9 Å². The van der Waals surface area contributed by atoms with E-state index < -0.39 is 0 Å². The van der Waals surface area contributed by atoms with Gasteiger partial charge in [0.25, 0.3) is 0 Å². The fraction of sp³-hybridized carbons (Fsp3) is 0.917. The SMILES string of the molecule is CC(C)OCCCNC(=O)C1CCCC1N. The summed E-state index contributed by atoms with van der Waals surface area (Å²) in [7, 11) is 0. The van der Waals surface area contributed by atoms with Crippen LogP contribution in [0, 0.1) is 5.92 Å². The number of nitrogens with one attached hydrogen (secondary N) is 1. The maximum Gasteiger partial charge on any atom is 0.224 e. The van der Waals surface area contributed by atoms with E-state index in [0.29, 0.717) is 13.2 Å². The van der Waals surface area contributed by atoms with Crippen LogP contribution >= 0.6 is 0 Å². The number of rotatable bonds is 6. The van der Waals surface area contributed by atoms with Crippen LogP contribution in [0.25, 0.3) is 0 Å². The molecule has 3 N–H and O–H groups in total. The minimum atomic E-state index is 0.0333. The van der Waals surface area contributed by atoms with Crippen molar-refractivity contribution in [1.29, 1.82) is 0 Å². The molecule has 0 radical (unpaired) electrons. The minimum absolute atomic E-state index is 0.0333. The zero-order chi connectivity index (χ0) is 12.0. The Morgan fingerprint density at radius 3 is 2.81 bits per heavy atom. The van der Waals surface area contributed by atoms with Gasteiger partial charge in [-0.05, 0) is 33.1 Å². The lowest BCUT2D eigenvalue weighted by Gasteiger charge is -2.15. The first-order chi connectivity index (χ1) is 7.61. The van der Waals surface area contributed by atoms with Crippen molar-refractivity contribution >= 4 is 5.91 Å². The molecule has 4 nitrogen and oxygen atoms in total. The lowest BCUT2D eigenvalue weighted by Crippen LogP contribution is -2.39. The molecule has 0 heterocycles. The van der Waals surface area contributed by atoms with Gasteiger partial charge in [0.1, 0.15) is 0 Å². The van der Waals surface area contributed by atoms with Gasteiger partial charge in [0.15, 0.2) is 0 Å². The highest BCUT2D eigenvalue weighted by Crippen LogP contribution is 2.23. The number of nitrogens with two attached hydrogens (primary N) is 1. The summed E-state index contributed by atoms with van der Waals surface area (Å²) in [6.45, 7) is 5.41. The summed E-state index contributed by atoms with van der Waals surface area (Å²) < 4.78 is 5.39. The van der Waals surface area contributed by atoms with E-state index in [0.717, 1.165) is 25.7 Å². The molecular weight excluding hydrogens is 204 g/mol. The monoisotopic (exact) mass is 228 g/mol. The summed E-state index contributed by atoms with van der Waals surface area (Å²) in [6.07, 6.45) is 4.13. The molecule has 0 aromatic rings. The Morgan fingerprint density at radius 1 is 1.50 bits per heavy atom. The number of ether oxygens (including phenoxy) is 1. The minimum Gasteiger partial charge on any atom is -0.379 e. The summed E-state index contributed by atoms with van der Waals surface area (Å²) in [5.74, 6) is 0.153. The largest absolute Gasteiger partial charge is 0.379 e. The first-order valence-corrected chi connectivity index (χ1v) is 6.26. The highest BCUT2D eigenvalue weighted by atomic mass is 16.5. The van der Waals surface area contributed by atoms with Gasteiger partial charge < -0.3 is 15.8 Å². The second kappa shape index (κ2) is 6.86. The second-order valence-corrected chi connectivity index (χ2v) is 4.77. The van der Waals surface area contributed by atoms with Gasteiger partial charge in [-0.15, -0.1) is 0 Å². The molecular formula is C12H24N2O2. The molecule has 4 heteroatoms. The third-order valence-electron chi connectivity index (χ3n) is 2.98. The molecule has 2 atom stereocenters. The van der Waals surface area contributed by atoms with Crippen molar-refractivity contribution in [2.24, 2.45) is 11.7 Å².